The van der Waals surface area contributed by atoms with Crippen molar-refractivity contribution in [1.29, 1.82) is 0 Å². The molecule has 0 bridgehead atoms. The van der Waals surface area contributed by atoms with Crippen molar-refractivity contribution < 1.29 is 42.2 Å². The minimum atomic E-state index is -5.01. The number of oxime groups is 1. The van der Waals surface area contributed by atoms with Gasteiger partial charge in [0.15, 0.2) is 5.13 Å². The number of alkyl halides is 3. The predicted molar refractivity (Wildman–Crippen MR) is 101 cm³/mol. The normalized spacial score (nSPS) is 13.3. The maximum absolute atomic E-state index is 12.1. The van der Waals surface area contributed by atoms with Crippen molar-refractivity contribution in [3.05, 3.63) is 23.3 Å². The SMILES string of the molecule is CC(C)(C)OC(=O)C(C)(C)O/N=C(\C(=O)O)c1csc(N/C=C/C(=O)C(F)(F)F)n1. The monoisotopic (exact) mass is 451 g/mol. The van der Waals surface area contributed by atoms with Gasteiger partial charge in [0.2, 0.25) is 11.3 Å². The lowest BCUT2D eigenvalue weighted by Gasteiger charge is -2.26. The molecule has 0 saturated carbocycles. The van der Waals surface area contributed by atoms with Crippen LogP contribution in [0.25, 0.3) is 0 Å². The number of esters is 1. The molecule has 0 aliphatic rings. The standard InChI is InChI=1S/C17H20F3N3O6S/c1-15(2,3)28-13(27)16(4,5)29-23-11(12(25)26)9-8-30-14(22-9)21-7-6-10(24)17(18,19)20/h6-8H,1-5H3,(H,21,22)(H,25,26)/b7-6+,23-11-. The number of anilines is 1. The van der Waals surface area contributed by atoms with Crippen LogP contribution in [-0.4, -0.2) is 50.9 Å². The lowest BCUT2D eigenvalue weighted by Crippen LogP contribution is -2.40. The van der Waals surface area contributed by atoms with Gasteiger partial charge in [-0.15, -0.1) is 11.3 Å². The number of rotatable bonds is 8. The Balaban J connectivity index is 2.94. The Morgan fingerprint density at radius 3 is 2.30 bits per heavy atom. The molecular formula is C17H20F3N3O6S. The second-order valence-electron chi connectivity index (χ2n) is 7.23. The van der Waals surface area contributed by atoms with Gasteiger partial charge in [0, 0.05) is 17.7 Å². The molecule has 0 amide bonds. The summed E-state index contributed by atoms with van der Waals surface area (Å²) >= 11 is 0.845. The van der Waals surface area contributed by atoms with Crippen LogP contribution in [0, 0.1) is 0 Å². The van der Waals surface area contributed by atoms with Crippen LogP contribution in [0.5, 0.6) is 0 Å². The fourth-order valence-electron chi connectivity index (χ4n) is 1.53. The first-order valence-corrected chi connectivity index (χ1v) is 9.14. The summed E-state index contributed by atoms with van der Waals surface area (Å²) in [5, 5.41) is 16.4. The van der Waals surface area contributed by atoms with Crippen LogP contribution in [0.4, 0.5) is 18.3 Å². The number of nitrogens with one attached hydrogen (secondary N) is 1. The third-order valence-electron chi connectivity index (χ3n) is 2.93. The van der Waals surface area contributed by atoms with Crippen LogP contribution in [0.2, 0.25) is 0 Å². The van der Waals surface area contributed by atoms with Crippen molar-refractivity contribution >= 4 is 39.9 Å². The number of hydrogen-bond acceptors (Lipinski definition) is 9. The molecule has 1 rings (SSSR count). The van der Waals surface area contributed by atoms with Crippen LogP contribution < -0.4 is 5.32 Å². The van der Waals surface area contributed by atoms with E-state index in [0.29, 0.717) is 0 Å². The maximum Gasteiger partial charge on any atom is 0.454 e. The Kier molecular flexibility index (Phi) is 7.72. The van der Waals surface area contributed by atoms with Crippen LogP contribution in [-0.2, 0) is 24.0 Å². The number of carbonyl (C=O) groups is 3. The number of aliphatic carboxylic acids is 1. The number of ketones is 1. The van der Waals surface area contributed by atoms with Crippen LogP contribution in [0.1, 0.15) is 40.3 Å². The average molecular weight is 451 g/mol. The lowest BCUT2D eigenvalue weighted by molar-refractivity contribution is -0.179. The van der Waals surface area contributed by atoms with Gasteiger partial charge in [0.25, 0.3) is 5.78 Å². The second-order valence-corrected chi connectivity index (χ2v) is 8.08. The molecule has 0 spiro atoms. The number of nitrogens with zero attached hydrogens (tertiary/aromatic N) is 2. The van der Waals surface area contributed by atoms with Gasteiger partial charge in [-0.05, 0) is 34.6 Å². The van der Waals surface area contributed by atoms with E-state index in [1.54, 1.807) is 20.8 Å². The molecule has 0 saturated heterocycles. The van der Waals surface area contributed by atoms with E-state index < -0.39 is 40.8 Å². The molecule has 1 aromatic rings. The number of carboxylic acids is 1. The fourth-order valence-corrected chi connectivity index (χ4v) is 2.20. The van der Waals surface area contributed by atoms with Gasteiger partial charge < -0.3 is 20.0 Å². The van der Waals surface area contributed by atoms with Crippen molar-refractivity contribution in [1.82, 2.24) is 4.98 Å². The number of ether oxygens (including phenoxy) is 1. The number of carbonyl (C=O) groups excluding carboxylic acids is 2. The molecule has 0 unspecified atom stereocenters. The highest BCUT2D eigenvalue weighted by Gasteiger charge is 2.37. The zero-order chi connectivity index (χ0) is 23.3. The minimum Gasteiger partial charge on any atom is -0.476 e. The van der Waals surface area contributed by atoms with Crippen LogP contribution in [0.3, 0.4) is 0 Å². The van der Waals surface area contributed by atoms with Gasteiger partial charge >= 0.3 is 18.1 Å². The summed E-state index contributed by atoms with van der Waals surface area (Å²) in [4.78, 5) is 43.3. The quantitative estimate of drug-likeness (QED) is 0.267. The van der Waals surface area contributed by atoms with E-state index in [-0.39, 0.29) is 16.9 Å². The van der Waals surface area contributed by atoms with Gasteiger partial charge in [0.1, 0.15) is 11.3 Å². The van der Waals surface area contributed by atoms with Gasteiger partial charge in [0.05, 0.1) is 0 Å². The van der Waals surface area contributed by atoms with Gasteiger partial charge in [-0.1, -0.05) is 5.16 Å². The molecule has 166 valence electrons. The zero-order valence-corrected chi connectivity index (χ0v) is 17.5. The highest BCUT2D eigenvalue weighted by atomic mass is 32.1. The summed E-state index contributed by atoms with van der Waals surface area (Å²) in [5.74, 6) is -4.37. The summed E-state index contributed by atoms with van der Waals surface area (Å²) in [5.41, 5.74) is -3.23. The van der Waals surface area contributed by atoms with E-state index in [0.717, 1.165) is 17.5 Å². The summed E-state index contributed by atoms with van der Waals surface area (Å²) in [6.07, 6.45) is -4.02. The summed E-state index contributed by atoms with van der Waals surface area (Å²) in [7, 11) is 0. The summed E-state index contributed by atoms with van der Waals surface area (Å²) in [6, 6.07) is 0. The average Bonchev–Trinajstić information content (AvgIpc) is 3.00. The number of aromatic nitrogens is 1. The van der Waals surface area contributed by atoms with Crippen molar-refractivity contribution in [3.8, 4) is 0 Å². The van der Waals surface area contributed by atoms with Gasteiger partial charge in [-0.2, -0.15) is 13.2 Å². The zero-order valence-electron chi connectivity index (χ0n) is 16.7. The smallest absolute Gasteiger partial charge is 0.454 e. The molecule has 0 aliphatic carbocycles. The van der Waals surface area contributed by atoms with Gasteiger partial charge in [-0.3, -0.25) is 4.79 Å². The van der Waals surface area contributed by atoms with E-state index >= 15 is 0 Å². The van der Waals surface area contributed by atoms with Crippen LogP contribution >= 0.6 is 11.3 Å². The van der Waals surface area contributed by atoms with Crippen molar-refractivity contribution in [2.75, 3.05) is 5.32 Å². The first-order chi connectivity index (χ1) is 13.5. The van der Waals surface area contributed by atoms with E-state index in [1.807, 2.05) is 0 Å². The number of thiazole rings is 1. The molecule has 2 N–H and O–H groups in total. The molecule has 1 aromatic heterocycles. The maximum atomic E-state index is 12.1. The molecule has 0 aromatic carbocycles. The Labute approximate surface area is 173 Å². The molecule has 0 atom stereocenters. The molecule has 0 radical (unpaired) electrons. The Morgan fingerprint density at radius 1 is 1.20 bits per heavy atom. The minimum absolute atomic E-state index is 0.00317. The summed E-state index contributed by atoms with van der Waals surface area (Å²) < 4.78 is 41.6. The molecular weight excluding hydrogens is 431 g/mol. The van der Waals surface area contributed by atoms with Crippen molar-refractivity contribution in [2.24, 2.45) is 5.16 Å². The first-order valence-electron chi connectivity index (χ1n) is 8.26. The number of hydrogen-bond donors (Lipinski definition) is 2. The number of halogens is 3. The predicted octanol–water partition coefficient (Wildman–Crippen LogP) is 3.13. The van der Waals surface area contributed by atoms with E-state index in [9.17, 15) is 32.7 Å². The Bertz CT molecular complexity index is 869. The van der Waals surface area contributed by atoms with Gasteiger partial charge in [-0.25, -0.2) is 14.6 Å². The molecule has 30 heavy (non-hydrogen) atoms. The molecule has 0 fully saturated rings. The third-order valence-corrected chi connectivity index (χ3v) is 3.70. The molecule has 1 heterocycles. The Hall–Kier alpha value is -2.96. The topological polar surface area (TPSA) is 127 Å². The molecule has 0 aliphatic heterocycles. The van der Waals surface area contributed by atoms with Crippen LogP contribution in [0.15, 0.2) is 22.8 Å². The molecule has 13 heteroatoms. The largest absolute Gasteiger partial charge is 0.476 e. The third kappa shape index (κ3) is 7.81. The van der Waals surface area contributed by atoms with E-state index in [1.165, 1.54) is 19.2 Å². The second kappa shape index (κ2) is 9.24. The number of allylic oxidation sites excluding steroid dienone is 1. The van der Waals surface area contributed by atoms with Crippen molar-refractivity contribution in [3.63, 3.8) is 0 Å². The first kappa shape index (κ1) is 25.1. The summed E-state index contributed by atoms with van der Waals surface area (Å²) in [6.45, 7) is 7.61. The fraction of sp³-hybridized carbons (Fsp3) is 0.471. The lowest BCUT2D eigenvalue weighted by atomic mass is 10.1. The highest BCUT2D eigenvalue weighted by Crippen LogP contribution is 2.21. The molecule has 9 nitrogen and oxygen atoms in total. The van der Waals surface area contributed by atoms with E-state index in [4.69, 9.17) is 9.57 Å². The highest BCUT2D eigenvalue weighted by molar-refractivity contribution is 7.14. The number of carboxylic acid groups (broad SMARTS) is 1. The van der Waals surface area contributed by atoms with Crippen molar-refractivity contribution in [2.45, 2.75) is 52.0 Å². The van der Waals surface area contributed by atoms with E-state index in [2.05, 4.69) is 15.5 Å². The Morgan fingerprint density at radius 2 is 1.80 bits per heavy atom.